The minimum absolute atomic E-state index is 0.0761. The zero-order valence-electron chi connectivity index (χ0n) is 12.9. The summed E-state index contributed by atoms with van der Waals surface area (Å²) >= 11 is 0. The van der Waals surface area contributed by atoms with E-state index in [-0.39, 0.29) is 23.9 Å². The summed E-state index contributed by atoms with van der Waals surface area (Å²) in [5.74, 6) is 0.195. The number of carbonyl (C=O) groups excluding carboxylic acids is 2. The average molecular weight is 294 g/mol. The van der Waals surface area contributed by atoms with E-state index in [1.165, 1.54) is 0 Å². The van der Waals surface area contributed by atoms with E-state index in [0.717, 1.165) is 51.4 Å². The Kier molecular flexibility index (Phi) is 4.20. The Balaban J connectivity index is 1.92. The molecule has 1 N–H and O–H groups in total. The molecule has 3 aliphatic rings. The van der Waals surface area contributed by atoms with Gasteiger partial charge in [-0.25, -0.2) is 0 Å². The van der Waals surface area contributed by atoms with E-state index in [1.807, 2.05) is 11.8 Å². The molecule has 0 radical (unpaired) electrons. The van der Waals surface area contributed by atoms with Gasteiger partial charge in [-0.3, -0.25) is 9.59 Å². The van der Waals surface area contributed by atoms with Gasteiger partial charge in [0.1, 0.15) is 11.6 Å². The van der Waals surface area contributed by atoms with Crippen LogP contribution in [0.4, 0.5) is 0 Å². The standard InChI is InChI=1S/C16H26N2O3/c1-2-6-13-14(19)18(12-7-10-21-11-12)16(15(20)17-13)8-4-3-5-9-16/h12-13H,2-11H2,1H3,(H,17,20). The van der Waals surface area contributed by atoms with Gasteiger partial charge in [0.2, 0.25) is 11.8 Å². The third kappa shape index (κ3) is 2.45. The maximum absolute atomic E-state index is 13.0. The number of nitrogens with one attached hydrogen (secondary N) is 1. The molecule has 5 nitrogen and oxygen atoms in total. The van der Waals surface area contributed by atoms with Gasteiger partial charge in [0.25, 0.3) is 0 Å². The molecule has 2 heterocycles. The van der Waals surface area contributed by atoms with Gasteiger partial charge in [-0.15, -0.1) is 0 Å². The maximum atomic E-state index is 13.0. The zero-order valence-corrected chi connectivity index (χ0v) is 12.9. The van der Waals surface area contributed by atoms with Gasteiger partial charge in [0, 0.05) is 6.61 Å². The van der Waals surface area contributed by atoms with E-state index in [0.29, 0.717) is 13.2 Å². The van der Waals surface area contributed by atoms with Crippen LogP contribution in [-0.2, 0) is 14.3 Å². The van der Waals surface area contributed by atoms with E-state index in [1.54, 1.807) is 0 Å². The van der Waals surface area contributed by atoms with Crippen molar-refractivity contribution in [3.05, 3.63) is 0 Å². The number of hydrogen-bond acceptors (Lipinski definition) is 3. The Hall–Kier alpha value is -1.10. The number of piperazine rings is 1. The summed E-state index contributed by atoms with van der Waals surface area (Å²) in [4.78, 5) is 27.7. The van der Waals surface area contributed by atoms with Crippen molar-refractivity contribution >= 4 is 11.8 Å². The van der Waals surface area contributed by atoms with Crippen LogP contribution in [0.3, 0.4) is 0 Å². The fraction of sp³-hybridized carbons (Fsp3) is 0.875. The first-order valence-electron chi connectivity index (χ1n) is 8.41. The molecule has 2 amide bonds. The predicted octanol–water partition coefficient (Wildman–Crippen LogP) is 1.61. The van der Waals surface area contributed by atoms with Gasteiger partial charge in [0.05, 0.1) is 12.6 Å². The molecule has 2 aliphatic heterocycles. The van der Waals surface area contributed by atoms with Crippen molar-refractivity contribution in [3.63, 3.8) is 0 Å². The van der Waals surface area contributed by atoms with Crippen molar-refractivity contribution in [1.29, 1.82) is 0 Å². The molecule has 0 aromatic carbocycles. The Morgan fingerprint density at radius 3 is 2.67 bits per heavy atom. The molecule has 0 bridgehead atoms. The maximum Gasteiger partial charge on any atom is 0.246 e. The van der Waals surface area contributed by atoms with Crippen LogP contribution in [0.15, 0.2) is 0 Å². The molecule has 5 heteroatoms. The third-order valence-corrected chi connectivity index (χ3v) is 5.25. The highest BCUT2D eigenvalue weighted by atomic mass is 16.5. The van der Waals surface area contributed by atoms with Gasteiger partial charge < -0.3 is 15.0 Å². The highest BCUT2D eigenvalue weighted by Crippen LogP contribution is 2.39. The Morgan fingerprint density at radius 1 is 1.29 bits per heavy atom. The van der Waals surface area contributed by atoms with E-state index < -0.39 is 5.54 Å². The lowest BCUT2D eigenvalue weighted by atomic mass is 9.76. The SMILES string of the molecule is CCCC1NC(=O)C2(CCCCC2)N(C2CCOC2)C1=O. The number of ether oxygens (including phenoxy) is 1. The summed E-state index contributed by atoms with van der Waals surface area (Å²) in [6.07, 6.45) is 7.33. The smallest absolute Gasteiger partial charge is 0.246 e. The van der Waals surface area contributed by atoms with Crippen molar-refractivity contribution in [2.75, 3.05) is 13.2 Å². The largest absolute Gasteiger partial charge is 0.379 e. The van der Waals surface area contributed by atoms with E-state index >= 15 is 0 Å². The fourth-order valence-corrected chi connectivity index (χ4v) is 4.19. The van der Waals surface area contributed by atoms with Crippen LogP contribution in [0.25, 0.3) is 0 Å². The summed E-state index contributed by atoms with van der Waals surface area (Å²) in [7, 11) is 0. The monoisotopic (exact) mass is 294 g/mol. The van der Waals surface area contributed by atoms with E-state index in [2.05, 4.69) is 5.32 Å². The first kappa shape index (κ1) is 14.8. The van der Waals surface area contributed by atoms with Crippen LogP contribution >= 0.6 is 0 Å². The summed E-state index contributed by atoms with van der Waals surface area (Å²) < 4.78 is 5.50. The number of rotatable bonds is 3. The topological polar surface area (TPSA) is 58.6 Å². The normalized spacial score (nSPS) is 32.5. The third-order valence-electron chi connectivity index (χ3n) is 5.25. The average Bonchev–Trinajstić information content (AvgIpc) is 3.00. The van der Waals surface area contributed by atoms with Crippen LogP contribution in [-0.4, -0.2) is 47.6 Å². The van der Waals surface area contributed by atoms with Crippen molar-refractivity contribution in [2.24, 2.45) is 0 Å². The Morgan fingerprint density at radius 2 is 2.05 bits per heavy atom. The summed E-state index contributed by atoms with van der Waals surface area (Å²) in [6.45, 7) is 3.33. The Bertz CT molecular complexity index is 412. The highest BCUT2D eigenvalue weighted by Gasteiger charge is 2.54. The molecule has 3 fully saturated rings. The molecule has 0 aromatic rings. The lowest BCUT2D eigenvalue weighted by Crippen LogP contribution is -2.73. The lowest BCUT2D eigenvalue weighted by Gasteiger charge is -2.52. The number of hydrogen-bond donors (Lipinski definition) is 1. The number of amides is 2. The van der Waals surface area contributed by atoms with E-state index in [9.17, 15) is 9.59 Å². The van der Waals surface area contributed by atoms with Crippen molar-refractivity contribution in [2.45, 2.75) is 75.9 Å². The second-order valence-electron chi connectivity index (χ2n) is 6.63. The van der Waals surface area contributed by atoms with E-state index in [4.69, 9.17) is 4.74 Å². The molecule has 2 atom stereocenters. The molecule has 2 saturated heterocycles. The zero-order chi connectivity index (χ0) is 14.9. The minimum Gasteiger partial charge on any atom is -0.379 e. The van der Waals surface area contributed by atoms with Crippen LogP contribution in [0.2, 0.25) is 0 Å². The molecular weight excluding hydrogens is 268 g/mol. The number of carbonyl (C=O) groups is 2. The molecule has 2 unspecified atom stereocenters. The predicted molar refractivity (Wildman–Crippen MR) is 78.7 cm³/mol. The number of nitrogens with zero attached hydrogens (tertiary/aromatic N) is 1. The first-order valence-corrected chi connectivity index (χ1v) is 8.41. The second-order valence-corrected chi connectivity index (χ2v) is 6.63. The fourth-order valence-electron chi connectivity index (χ4n) is 4.19. The highest BCUT2D eigenvalue weighted by molar-refractivity contribution is 6.00. The summed E-state index contributed by atoms with van der Waals surface area (Å²) in [5, 5.41) is 3.01. The van der Waals surface area contributed by atoms with Crippen LogP contribution in [0.5, 0.6) is 0 Å². The second kappa shape index (κ2) is 5.95. The summed E-state index contributed by atoms with van der Waals surface area (Å²) in [5.41, 5.74) is -0.599. The molecule has 1 saturated carbocycles. The van der Waals surface area contributed by atoms with Gasteiger partial charge in [0.15, 0.2) is 0 Å². The van der Waals surface area contributed by atoms with Gasteiger partial charge >= 0.3 is 0 Å². The Labute approximate surface area is 126 Å². The summed E-state index contributed by atoms with van der Waals surface area (Å²) in [6, 6.07) is -0.253. The van der Waals surface area contributed by atoms with Crippen LogP contribution in [0.1, 0.15) is 58.3 Å². The van der Waals surface area contributed by atoms with Crippen LogP contribution in [0, 0.1) is 0 Å². The van der Waals surface area contributed by atoms with Crippen molar-refractivity contribution in [1.82, 2.24) is 10.2 Å². The molecular formula is C16H26N2O3. The molecule has 21 heavy (non-hydrogen) atoms. The van der Waals surface area contributed by atoms with Gasteiger partial charge in [-0.2, -0.15) is 0 Å². The molecule has 3 rings (SSSR count). The molecule has 1 spiro atoms. The first-order chi connectivity index (χ1) is 10.2. The van der Waals surface area contributed by atoms with Crippen molar-refractivity contribution < 1.29 is 14.3 Å². The molecule has 118 valence electrons. The van der Waals surface area contributed by atoms with Crippen LogP contribution < -0.4 is 5.32 Å². The minimum atomic E-state index is -0.599. The molecule has 0 aromatic heterocycles. The molecule has 1 aliphatic carbocycles. The van der Waals surface area contributed by atoms with Gasteiger partial charge in [-0.1, -0.05) is 32.6 Å². The van der Waals surface area contributed by atoms with Gasteiger partial charge in [-0.05, 0) is 25.7 Å². The van der Waals surface area contributed by atoms with Crippen molar-refractivity contribution in [3.8, 4) is 0 Å². The lowest BCUT2D eigenvalue weighted by molar-refractivity contribution is -0.164. The quantitative estimate of drug-likeness (QED) is 0.860.